The third-order valence-electron chi connectivity index (χ3n) is 2.29. The molecule has 1 atom stereocenters. The van der Waals surface area contributed by atoms with Crippen molar-refractivity contribution in [3.05, 3.63) is 0 Å². The second-order valence-electron chi connectivity index (χ2n) is 3.68. The lowest BCUT2D eigenvalue weighted by Gasteiger charge is -2.22. The summed E-state index contributed by atoms with van der Waals surface area (Å²) in [6, 6.07) is 0. The van der Waals surface area contributed by atoms with Gasteiger partial charge in [0, 0.05) is 6.61 Å². The van der Waals surface area contributed by atoms with E-state index in [4.69, 9.17) is 14.2 Å². The van der Waals surface area contributed by atoms with E-state index in [1.54, 1.807) is 0 Å². The molecule has 0 aromatic rings. The molecule has 1 saturated heterocycles. The van der Waals surface area contributed by atoms with Crippen LogP contribution in [0.4, 0.5) is 0 Å². The molecule has 1 heterocycles. The summed E-state index contributed by atoms with van der Waals surface area (Å²) >= 11 is 0. The number of esters is 1. The highest BCUT2D eigenvalue weighted by Gasteiger charge is 2.15. The Hall–Kier alpha value is -0.610. The van der Waals surface area contributed by atoms with Gasteiger partial charge in [0.15, 0.2) is 6.29 Å². The molecule has 0 saturated carbocycles. The minimum absolute atomic E-state index is 0.00831. The van der Waals surface area contributed by atoms with Gasteiger partial charge in [-0.2, -0.15) is 0 Å². The summed E-state index contributed by atoms with van der Waals surface area (Å²) in [4.78, 5) is 11.2. The molecule has 0 bridgehead atoms. The predicted octanol–water partition coefficient (Wildman–Crippen LogP) is 1.87. The van der Waals surface area contributed by atoms with Crippen molar-refractivity contribution in [2.45, 2.75) is 45.3 Å². The number of ether oxygens (including phenoxy) is 3. The fraction of sp³-hybridized carbons (Fsp3) is 0.909. The van der Waals surface area contributed by atoms with Crippen LogP contribution in [0, 0.1) is 0 Å². The van der Waals surface area contributed by atoms with Crippen LogP contribution in [-0.2, 0) is 19.0 Å². The van der Waals surface area contributed by atoms with Crippen molar-refractivity contribution in [3.63, 3.8) is 0 Å². The van der Waals surface area contributed by atoms with Gasteiger partial charge in [0.1, 0.15) is 6.61 Å². The Morgan fingerprint density at radius 3 is 3.00 bits per heavy atom. The number of hydrogen-bond donors (Lipinski definition) is 0. The van der Waals surface area contributed by atoms with Crippen LogP contribution < -0.4 is 0 Å². The lowest BCUT2D eigenvalue weighted by atomic mass is 10.2. The normalized spacial score (nSPS) is 21.3. The van der Waals surface area contributed by atoms with Crippen molar-refractivity contribution in [2.75, 3.05) is 19.8 Å². The smallest absolute Gasteiger partial charge is 0.332 e. The van der Waals surface area contributed by atoms with Crippen LogP contribution >= 0.6 is 0 Å². The first-order valence-corrected chi connectivity index (χ1v) is 5.71. The maximum atomic E-state index is 11.2. The summed E-state index contributed by atoms with van der Waals surface area (Å²) in [6.07, 6.45) is 4.79. The van der Waals surface area contributed by atoms with E-state index in [0.717, 1.165) is 38.7 Å². The van der Waals surface area contributed by atoms with E-state index < -0.39 is 0 Å². The molecule has 4 heteroatoms. The Balaban J connectivity index is 2.00. The number of carbonyl (C=O) groups is 1. The molecule has 0 N–H and O–H groups in total. The molecular formula is C11H20O4. The van der Waals surface area contributed by atoms with Crippen molar-refractivity contribution < 1.29 is 19.0 Å². The van der Waals surface area contributed by atoms with E-state index in [2.05, 4.69) is 6.92 Å². The van der Waals surface area contributed by atoms with E-state index in [1.165, 1.54) is 0 Å². The second-order valence-corrected chi connectivity index (χ2v) is 3.68. The lowest BCUT2D eigenvalue weighted by molar-refractivity contribution is -0.182. The fourth-order valence-electron chi connectivity index (χ4n) is 1.38. The Morgan fingerprint density at radius 2 is 2.33 bits per heavy atom. The summed E-state index contributed by atoms with van der Waals surface area (Å²) in [5, 5.41) is 0. The highest BCUT2D eigenvalue weighted by atomic mass is 16.7. The van der Waals surface area contributed by atoms with E-state index in [1.807, 2.05) is 0 Å². The van der Waals surface area contributed by atoms with Gasteiger partial charge in [0.05, 0.1) is 6.61 Å². The maximum absolute atomic E-state index is 11.2. The molecule has 1 rings (SSSR count). The van der Waals surface area contributed by atoms with Gasteiger partial charge in [-0.3, -0.25) is 0 Å². The minimum atomic E-state index is -0.294. The summed E-state index contributed by atoms with van der Waals surface area (Å²) in [6.45, 7) is 3.29. The molecule has 1 fully saturated rings. The SMILES string of the molecule is CCCCOC(=O)CO[C@H]1CCCCO1. The number of unbranched alkanes of at least 4 members (excludes halogenated alkanes) is 1. The summed E-state index contributed by atoms with van der Waals surface area (Å²) in [5.41, 5.74) is 0. The van der Waals surface area contributed by atoms with Gasteiger partial charge >= 0.3 is 5.97 Å². The molecule has 0 spiro atoms. The molecule has 1 aliphatic rings. The van der Waals surface area contributed by atoms with Gasteiger partial charge in [-0.15, -0.1) is 0 Å². The highest BCUT2D eigenvalue weighted by molar-refractivity contribution is 5.70. The minimum Gasteiger partial charge on any atom is -0.464 e. The quantitative estimate of drug-likeness (QED) is 0.502. The molecule has 0 aromatic carbocycles. The van der Waals surface area contributed by atoms with Gasteiger partial charge in [-0.05, 0) is 25.7 Å². The van der Waals surface area contributed by atoms with Gasteiger partial charge in [-0.1, -0.05) is 13.3 Å². The van der Waals surface area contributed by atoms with Gasteiger partial charge in [-0.25, -0.2) is 4.79 Å². The van der Waals surface area contributed by atoms with Crippen LogP contribution in [0.5, 0.6) is 0 Å². The van der Waals surface area contributed by atoms with Crippen LogP contribution in [0.15, 0.2) is 0 Å². The van der Waals surface area contributed by atoms with E-state index in [0.29, 0.717) is 6.61 Å². The lowest BCUT2D eigenvalue weighted by Crippen LogP contribution is -2.26. The first kappa shape index (κ1) is 12.5. The highest BCUT2D eigenvalue weighted by Crippen LogP contribution is 2.13. The standard InChI is InChI=1S/C11H20O4/c1-2-3-7-13-10(12)9-15-11-6-4-5-8-14-11/h11H,2-9H2,1H3/t11-/m0/s1. The van der Waals surface area contributed by atoms with Crippen molar-refractivity contribution in [1.82, 2.24) is 0 Å². The molecule has 0 aromatic heterocycles. The zero-order valence-electron chi connectivity index (χ0n) is 9.37. The molecule has 15 heavy (non-hydrogen) atoms. The zero-order valence-corrected chi connectivity index (χ0v) is 9.37. The fourth-order valence-corrected chi connectivity index (χ4v) is 1.38. The van der Waals surface area contributed by atoms with Gasteiger partial charge in [0.2, 0.25) is 0 Å². The third-order valence-corrected chi connectivity index (χ3v) is 2.29. The van der Waals surface area contributed by atoms with Crippen LogP contribution in [0.1, 0.15) is 39.0 Å². The summed E-state index contributed by atoms with van der Waals surface area (Å²) in [5.74, 6) is -0.294. The monoisotopic (exact) mass is 216 g/mol. The van der Waals surface area contributed by atoms with Crippen molar-refractivity contribution in [1.29, 1.82) is 0 Å². The Kier molecular flexibility index (Phi) is 6.36. The van der Waals surface area contributed by atoms with Gasteiger partial charge < -0.3 is 14.2 Å². The summed E-state index contributed by atoms with van der Waals surface area (Å²) in [7, 11) is 0. The maximum Gasteiger partial charge on any atom is 0.332 e. The van der Waals surface area contributed by atoms with Crippen molar-refractivity contribution >= 4 is 5.97 Å². The summed E-state index contributed by atoms with van der Waals surface area (Å²) < 4.78 is 15.6. The van der Waals surface area contributed by atoms with E-state index in [-0.39, 0.29) is 18.9 Å². The predicted molar refractivity (Wildman–Crippen MR) is 55.4 cm³/mol. The molecule has 0 radical (unpaired) electrons. The van der Waals surface area contributed by atoms with Crippen molar-refractivity contribution in [3.8, 4) is 0 Å². The Bertz CT molecular complexity index is 175. The number of rotatable bonds is 6. The zero-order chi connectivity index (χ0) is 10.9. The van der Waals surface area contributed by atoms with Crippen molar-refractivity contribution in [2.24, 2.45) is 0 Å². The molecule has 88 valence electrons. The molecule has 0 aliphatic carbocycles. The largest absolute Gasteiger partial charge is 0.464 e. The number of hydrogen-bond acceptors (Lipinski definition) is 4. The molecule has 4 nitrogen and oxygen atoms in total. The van der Waals surface area contributed by atoms with Crippen LogP contribution in [0.3, 0.4) is 0 Å². The average Bonchev–Trinajstić information content (AvgIpc) is 2.28. The molecular weight excluding hydrogens is 196 g/mol. The van der Waals surface area contributed by atoms with E-state index >= 15 is 0 Å². The average molecular weight is 216 g/mol. The molecule has 1 aliphatic heterocycles. The topological polar surface area (TPSA) is 44.8 Å². The Labute approximate surface area is 90.9 Å². The molecule has 0 amide bonds. The third kappa shape index (κ3) is 5.74. The second kappa shape index (κ2) is 7.65. The van der Waals surface area contributed by atoms with Gasteiger partial charge in [0.25, 0.3) is 0 Å². The first-order chi connectivity index (χ1) is 7.33. The first-order valence-electron chi connectivity index (χ1n) is 5.71. The number of carbonyl (C=O) groups excluding carboxylic acids is 1. The van der Waals surface area contributed by atoms with Crippen LogP contribution in [-0.4, -0.2) is 32.1 Å². The van der Waals surface area contributed by atoms with Crippen LogP contribution in [0.25, 0.3) is 0 Å². The molecule has 0 unspecified atom stereocenters. The van der Waals surface area contributed by atoms with E-state index in [9.17, 15) is 4.79 Å². The van der Waals surface area contributed by atoms with Crippen LogP contribution in [0.2, 0.25) is 0 Å². The Morgan fingerprint density at radius 1 is 1.47 bits per heavy atom.